The monoisotopic (exact) mass is 592 g/mol. The van der Waals surface area contributed by atoms with E-state index in [0.717, 1.165) is 81.7 Å². The standard InChI is InChI=1S/C31H36N4O4S2/c36-29(24-11-13-25(14-12-24)41(38,39)35-18-7-8-19-35)32-30-28(31(37)34-16-5-2-6-17-34)26-15-20-33(22-27(26)40-30)21-23-9-3-1-4-10-23/h1,3-4,9-14H,2,5-8,15-22H2,(H,32,36). The zero-order valence-corrected chi connectivity index (χ0v) is 24.8. The smallest absolute Gasteiger partial charge is 0.257 e. The number of nitrogens with zero attached hydrogens (tertiary/aromatic N) is 3. The van der Waals surface area contributed by atoms with Crippen molar-refractivity contribution in [3.05, 3.63) is 81.7 Å². The van der Waals surface area contributed by atoms with Gasteiger partial charge in [-0.1, -0.05) is 30.3 Å². The zero-order chi connectivity index (χ0) is 28.4. The van der Waals surface area contributed by atoms with Crippen LogP contribution < -0.4 is 5.32 Å². The van der Waals surface area contributed by atoms with E-state index >= 15 is 0 Å². The summed E-state index contributed by atoms with van der Waals surface area (Å²) in [5.41, 5.74) is 3.30. The molecule has 0 aliphatic carbocycles. The molecule has 2 fully saturated rings. The third-order valence-electron chi connectivity index (χ3n) is 8.29. The molecule has 3 aliphatic rings. The highest BCUT2D eigenvalue weighted by atomic mass is 32.2. The van der Waals surface area contributed by atoms with Crippen LogP contribution in [0.5, 0.6) is 0 Å². The number of likely N-dealkylation sites (tertiary alicyclic amines) is 1. The maximum absolute atomic E-state index is 13.8. The highest BCUT2D eigenvalue weighted by molar-refractivity contribution is 7.89. The van der Waals surface area contributed by atoms with Gasteiger partial charge in [-0.05, 0) is 73.9 Å². The van der Waals surface area contributed by atoms with Gasteiger partial charge in [-0.2, -0.15) is 4.31 Å². The quantitative estimate of drug-likeness (QED) is 0.419. The van der Waals surface area contributed by atoms with Crippen molar-refractivity contribution in [1.82, 2.24) is 14.1 Å². The van der Waals surface area contributed by atoms with E-state index in [1.54, 1.807) is 12.1 Å². The zero-order valence-electron chi connectivity index (χ0n) is 23.2. The van der Waals surface area contributed by atoms with Crippen molar-refractivity contribution in [2.75, 3.05) is 38.0 Å². The van der Waals surface area contributed by atoms with Crippen molar-refractivity contribution in [1.29, 1.82) is 0 Å². The first-order chi connectivity index (χ1) is 19.9. The molecule has 0 unspecified atom stereocenters. The number of piperidine rings is 1. The lowest BCUT2D eigenvalue weighted by Crippen LogP contribution is -2.37. The number of fused-ring (bicyclic) bond motifs is 1. The molecule has 3 aliphatic heterocycles. The van der Waals surface area contributed by atoms with Crippen LogP contribution in [-0.4, -0.2) is 67.1 Å². The van der Waals surface area contributed by atoms with Gasteiger partial charge in [0.25, 0.3) is 11.8 Å². The van der Waals surface area contributed by atoms with E-state index in [0.29, 0.717) is 29.2 Å². The number of carbonyl (C=O) groups excluding carboxylic acids is 2. The van der Waals surface area contributed by atoms with E-state index in [4.69, 9.17) is 0 Å². The molecule has 1 aromatic heterocycles. The third kappa shape index (κ3) is 5.97. The Morgan fingerprint density at radius 3 is 2.22 bits per heavy atom. The summed E-state index contributed by atoms with van der Waals surface area (Å²) in [4.78, 5) is 32.8. The van der Waals surface area contributed by atoms with Gasteiger partial charge < -0.3 is 10.2 Å². The molecule has 0 bridgehead atoms. The summed E-state index contributed by atoms with van der Waals surface area (Å²) in [6, 6.07) is 16.5. The Hall–Kier alpha value is -3.05. The van der Waals surface area contributed by atoms with E-state index in [-0.39, 0.29) is 16.7 Å². The fraction of sp³-hybridized carbons (Fsp3) is 0.419. The third-order valence-corrected chi connectivity index (χ3v) is 11.3. The average Bonchev–Trinajstić information content (AvgIpc) is 3.67. The number of benzene rings is 2. The van der Waals surface area contributed by atoms with Gasteiger partial charge in [0.1, 0.15) is 5.00 Å². The molecule has 3 aromatic rings. The summed E-state index contributed by atoms with van der Waals surface area (Å²) in [6.45, 7) is 4.96. The van der Waals surface area contributed by atoms with Crippen LogP contribution in [-0.2, 0) is 29.5 Å². The Balaban J connectivity index is 1.24. The highest BCUT2D eigenvalue weighted by Crippen LogP contribution is 2.39. The molecule has 2 saturated heterocycles. The molecule has 2 amide bonds. The Bertz CT molecular complexity index is 1510. The Kier molecular flexibility index (Phi) is 8.26. The van der Waals surface area contributed by atoms with Crippen LogP contribution >= 0.6 is 11.3 Å². The predicted octanol–water partition coefficient (Wildman–Crippen LogP) is 4.97. The molecule has 4 heterocycles. The van der Waals surface area contributed by atoms with E-state index in [1.165, 1.54) is 33.3 Å². The van der Waals surface area contributed by atoms with Crippen LogP contribution in [0.1, 0.15) is 68.8 Å². The van der Waals surface area contributed by atoms with E-state index in [9.17, 15) is 18.0 Å². The SMILES string of the molecule is O=C(Nc1sc2c(c1C(=O)N1CCCCC1)CCN(Cc1ccccc1)C2)c1ccc(S(=O)(=O)N2CCCC2)cc1. The van der Waals surface area contributed by atoms with Crippen LogP contribution in [0.3, 0.4) is 0 Å². The highest BCUT2D eigenvalue weighted by Gasteiger charge is 2.32. The number of carbonyl (C=O) groups is 2. The molecular weight excluding hydrogens is 556 g/mol. The molecule has 2 aromatic carbocycles. The first kappa shape index (κ1) is 28.1. The summed E-state index contributed by atoms with van der Waals surface area (Å²) >= 11 is 1.49. The summed E-state index contributed by atoms with van der Waals surface area (Å²) in [5.74, 6) is -0.344. The Labute approximate surface area is 246 Å². The second kappa shape index (κ2) is 12.1. The topological polar surface area (TPSA) is 90.0 Å². The van der Waals surface area contributed by atoms with Crippen molar-refractivity contribution >= 4 is 38.2 Å². The largest absolute Gasteiger partial charge is 0.339 e. The minimum atomic E-state index is -3.55. The first-order valence-electron chi connectivity index (χ1n) is 14.5. The number of sulfonamides is 1. The second-order valence-electron chi connectivity index (χ2n) is 11.1. The fourth-order valence-corrected chi connectivity index (χ4v) is 8.83. The van der Waals surface area contributed by atoms with Gasteiger partial charge in [0.05, 0.1) is 10.5 Å². The maximum atomic E-state index is 13.8. The lowest BCUT2D eigenvalue weighted by atomic mass is 10.00. The first-order valence-corrected chi connectivity index (χ1v) is 16.8. The summed E-state index contributed by atoms with van der Waals surface area (Å²) < 4.78 is 27.3. The van der Waals surface area contributed by atoms with Crippen molar-refractivity contribution in [2.24, 2.45) is 0 Å². The molecule has 0 spiro atoms. The summed E-state index contributed by atoms with van der Waals surface area (Å²) in [5, 5.41) is 3.62. The van der Waals surface area contributed by atoms with Crippen LogP contribution in [0.4, 0.5) is 5.00 Å². The normalized spacial score (nSPS) is 18.3. The van der Waals surface area contributed by atoms with Gasteiger partial charge in [0.2, 0.25) is 10.0 Å². The molecule has 6 rings (SSSR count). The number of anilines is 1. The fourth-order valence-electron chi connectivity index (χ4n) is 6.03. The number of hydrogen-bond donors (Lipinski definition) is 1. The molecule has 0 saturated carbocycles. The minimum absolute atomic E-state index is 0.000985. The molecule has 0 radical (unpaired) electrons. The van der Waals surface area contributed by atoms with Crippen molar-refractivity contribution < 1.29 is 18.0 Å². The number of thiophene rings is 1. The molecule has 10 heteroatoms. The van der Waals surface area contributed by atoms with Gasteiger partial charge >= 0.3 is 0 Å². The van der Waals surface area contributed by atoms with Crippen molar-refractivity contribution in [2.45, 2.75) is 56.5 Å². The number of nitrogens with one attached hydrogen (secondary N) is 1. The predicted molar refractivity (Wildman–Crippen MR) is 161 cm³/mol. The van der Waals surface area contributed by atoms with Crippen molar-refractivity contribution in [3.63, 3.8) is 0 Å². The Morgan fingerprint density at radius 2 is 1.51 bits per heavy atom. The van der Waals surface area contributed by atoms with Crippen LogP contribution in [0.2, 0.25) is 0 Å². The maximum Gasteiger partial charge on any atom is 0.257 e. The molecule has 8 nitrogen and oxygen atoms in total. The van der Waals surface area contributed by atoms with Gasteiger partial charge in [-0.15, -0.1) is 11.3 Å². The molecule has 216 valence electrons. The van der Waals surface area contributed by atoms with Gasteiger partial charge in [0, 0.05) is 56.3 Å². The van der Waals surface area contributed by atoms with Gasteiger partial charge in [-0.25, -0.2) is 8.42 Å². The summed E-state index contributed by atoms with van der Waals surface area (Å²) in [7, 11) is -3.55. The van der Waals surface area contributed by atoms with Crippen LogP contribution in [0.15, 0.2) is 59.5 Å². The van der Waals surface area contributed by atoms with E-state index in [1.807, 2.05) is 23.1 Å². The lowest BCUT2D eigenvalue weighted by molar-refractivity contribution is 0.0724. The number of amides is 2. The van der Waals surface area contributed by atoms with Gasteiger partial charge in [-0.3, -0.25) is 14.5 Å². The number of hydrogen-bond acceptors (Lipinski definition) is 6. The summed E-state index contributed by atoms with van der Waals surface area (Å²) in [6.07, 6.45) is 5.62. The Morgan fingerprint density at radius 1 is 0.829 bits per heavy atom. The molecule has 1 N–H and O–H groups in total. The molecule has 41 heavy (non-hydrogen) atoms. The minimum Gasteiger partial charge on any atom is -0.339 e. The van der Waals surface area contributed by atoms with Crippen LogP contribution in [0, 0.1) is 0 Å². The number of rotatable bonds is 7. The van der Waals surface area contributed by atoms with E-state index < -0.39 is 10.0 Å². The van der Waals surface area contributed by atoms with E-state index in [2.05, 4.69) is 22.3 Å². The lowest BCUT2D eigenvalue weighted by Gasteiger charge is -2.29. The average molecular weight is 593 g/mol. The van der Waals surface area contributed by atoms with Crippen molar-refractivity contribution in [3.8, 4) is 0 Å². The second-order valence-corrected chi connectivity index (χ2v) is 14.1. The van der Waals surface area contributed by atoms with Crippen LogP contribution in [0.25, 0.3) is 0 Å². The molecular formula is C31H36N4O4S2. The van der Waals surface area contributed by atoms with Gasteiger partial charge in [0.15, 0.2) is 0 Å². The molecule has 0 atom stereocenters.